The summed E-state index contributed by atoms with van der Waals surface area (Å²) >= 11 is 1.99. The summed E-state index contributed by atoms with van der Waals surface area (Å²) in [5.74, 6) is -0.707. The molecule has 0 bridgehead atoms. The SMILES string of the molecule is CC1CN(CC(C)(C)C(=O)O)CC(C)S1. The molecular weight excluding hydrogens is 210 g/mol. The van der Waals surface area contributed by atoms with E-state index < -0.39 is 11.4 Å². The third-order valence-corrected chi connectivity index (χ3v) is 3.92. The fourth-order valence-corrected chi connectivity index (χ4v) is 3.43. The topological polar surface area (TPSA) is 40.5 Å². The summed E-state index contributed by atoms with van der Waals surface area (Å²) in [6, 6.07) is 0. The Labute approximate surface area is 96.2 Å². The molecule has 1 rings (SSSR count). The van der Waals surface area contributed by atoms with E-state index in [4.69, 9.17) is 5.11 Å². The van der Waals surface area contributed by atoms with Gasteiger partial charge in [0.25, 0.3) is 0 Å². The number of hydrogen-bond donors (Lipinski definition) is 1. The quantitative estimate of drug-likeness (QED) is 0.805. The van der Waals surface area contributed by atoms with Crippen LogP contribution >= 0.6 is 11.8 Å². The highest BCUT2D eigenvalue weighted by Gasteiger charge is 2.32. The van der Waals surface area contributed by atoms with Crippen LogP contribution in [0, 0.1) is 5.41 Å². The van der Waals surface area contributed by atoms with Gasteiger partial charge in [-0.1, -0.05) is 13.8 Å². The zero-order chi connectivity index (χ0) is 11.6. The minimum atomic E-state index is -0.707. The van der Waals surface area contributed by atoms with E-state index >= 15 is 0 Å². The van der Waals surface area contributed by atoms with Crippen LogP contribution in [0.5, 0.6) is 0 Å². The number of carbonyl (C=O) groups is 1. The Morgan fingerprint density at radius 1 is 1.40 bits per heavy atom. The molecule has 0 aliphatic carbocycles. The van der Waals surface area contributed by atoms with Gasteiger partial charge in [-0.15, -0.1) is 0 Å². The zero-order valence-corrected chi connectivity index (χ0v) is 10.8. The van der Waals surface area contributed by atoms with Crippen molar-refractivity contribution < 1.29 is 9.90 Å². The van der Waals surface area contributed by atoms with Crippen molar-refractivity contribution in [2.24, 2.45) is 5.41 Å². The molecule has 88 valence electrons. The first-order valence-corrected chi connectivity index (χ1v) is 6.37. The maximum atomic E-state index is 11.0. The lowest BCUT2D eigenvalue weighted by Gasteiger charge is -2.37. The van der Waals surface area contributed by atoms with E-state index in [9.17, 15) is 4.79 Å². The van der Waals surface area contributed by atoms with Crippen LogP contribution in [0.2, 0.25) is 0 Å². The number of aliphatic carboxylic acids is 1. The van der Waals surface area contributed by atoms with E-state index in [1.54, 1.807) is 13.8 Å². The molecule has 0 aromatic rings. The minimum Gasteiger partial charge on any atom is -0.481 e. The molecule has 0 aromatic heterocycles. The van der Waals surface area contributed by atoms with Crippen LogP contribution in [0.3, 0.4) is 0 Å². The molecule has 1 N–H and O–H groups in total. The molecule has 0 aromatic carbocycles. The Morgan fingerprint density at radius 2 is 1.87 bits per heavy atom. The van der Waals surface area contributed by atoms with Crippen LogP contribution in [0.15, 0.2) is 0 Å². The van der Waals surface area contributed by atoms with Gasteiger partial charge in [-0.05, 0) is 13.8 Å². The van der Waals surface area contributed by atoms with Crippen molar-refractivity contribution in [2.75, 3.05) is 19.6 Å². The van der Waals surface area contributed by atoms with Crippen molar-refractivity contribution in [3.05, 3.63) is 0 Å². The molecule has 4 heteroatoms. The third-order valence-electron chi connectivity index (χ3n) is 2.69. The van der Waals surface area contributed by atoms with Crippen molar-refractivity contribution in [1.82, 2.24) is 4.90 Å². The highest BCUT2D eigenvalue weighted by Crippen LogP contribution is 2.27. The largest absolute Gasteiger partial charge is 0.481 e. The Balaban J connectivity index is 2.54. The monoisotopic (exact) mass is 231 g/mol. The fourth-order valence-electron chi connectivity index (χ4n) is 2.04. The van der Waals surface area contributed by atoms with Crippen LogP contribution in [0.25, 0.3) is 0 Å². The standard InChI is InChI=1S/C11H21NO2S/c1-8-5-12(6-9(2)15-8)7-11(3,4)10(13)14/h8-9H,5-7H2,1-4H3,(H,13,14). The average Bonchev–Trinajstić information content (AvgIpc) is 1.99. The molecule has 0 spiro atoms. The molecule has 1 aliphatic rings. The summed E-state index contributed by atoms with van der Waals surface area (Å²) in [7, 11) is 0. The lowest BCUT2D eigenvalue weighted by atomic mass is 9.93. The number of thioether (sulfide) groups is 1. The predicted molar refractivity (Wildman–Crippen MR) is 64.4 cm³/mol. The summed E-state index contributed by atoms with van der Waals surface area (Å²) in [6.07, 6.45) is 0. The van der Waals surface area contributed by atoms with Gasteiger partial charge in [-0.25, -0.2) is 0 Å². The first kappa shape index (κ1) is 12.8. The molecule has 2 unspecified atom stereocenters. The number of rotatable bonds is 3. The second-order valence-electron chi connectivity index (χ2n) is 5.14. The van der Waals surface area contributed by atoms with Gasteiger partial charge in [0.1, 0.15) is 0 Å². The molecule has 1 aliphatic heterocycles. The van der Waals surface area contributed by atoms with Crippen molar-refractivity contribution in [3.63, 3.8) is 0 Å². The summed E-state index contributed by atoms with van der Waals surface area (Å²) in [6.45, 7) is 10.7. The minimum absolute atomic E-state index is 0.610. The number of carboxylic acids is 1. The maximum absolute atomic E-state index is 11.0. The van der Waals surface area contributed by atoms with Crippen LogP contribution in [-0.2, 0) is 4.79 Å². The van der Waals surface area contributed by atoms with Crippen molar-refractivity contribution in [2.45, 2.75) is 38.2 Å². The lowest BCUT2D eigenvalue weighted by Crippen LogP contribution is -2.46. The molecule has 1 saturated heterocycles. The first-order valence-electron chi connectivity index (χ1n) is 5.42. The zero-order valence-electron chi connectivity index (χ0n) is 9.99. The predicted octanol–water partition coefficient (Wildman–Crippen LogP) is 1.92. The second kappa shape index (κ2) is 4.74. The molecule has 0 saturated carbocycles. The Kier molecular flexibility index (Phi) is 4.06. The van der Waals surface area contributed by atoms with Crippen LogP contribution < -0.4 is 0 Å². The highest BCUT2D eigenvalue weighted by atomic mass is 32.2. The smallest absolute Gasteiger partial charge is 0.310 e. The maximum Gasteiger partial charge on any atom is 0.310 e. The van der Waals surface area contributed by atoms with E-state index in [1.165, 1.54) is 0 Å². The second-order valence-corrected chi connectivity index (χ2v) is 7.02. The van der Waals surface area contributed by atoms with E-state index in [0.29, 0.717) is 17.0 Å². The number of nitrogens with zero attached hydrogens (tertiary/aromatic N) is 1. The van der Waals surface area contributed by atoms with Crippen molar-refractivity contribution in [3.8, 4) is 0 Å². The van der Waals surface area contributed by atoms with Gasteiger partial charge in [0.2, 0.25) is 0 Å². The molecule has 0 radical (unpaired) electrons. The molecule has 0 amide bonds. The Hall–Kier alpha value is -0.220. The van der Waals surface area contributed by atoms with E-state index in [1.807, 2.05) is 11.8 Å². The summed E-state index contributed by atoms with van der Waals surface area (Å²) in [4.78, 5) is 13.3. The van der Waals surface area contributed by atoms with Crippen molar-refractivity contribution in [1.29, 1.82) is 0 Å². The molecular formula is C11H21NO2S. The van der Waals surface area contributed by atoms with Gasteiger partial charge < -0.3 is 10.0 Å². The van der Waals surface area contributed by atoms with Gasteiger partial charge in [-0.3, -0.25) is 4.79 Å². The van der Waals surface area contributed by atoms with Gasteiger partial charge in [0.15, 0.2) is 0 Å². The van der Waals surface area contributed by atoms with Gasteiger partial charge in [0.05, 0.1) is 5.41 Å². The molecule has 1 fully saturated rings. The van der Waals surface area contributed by atoms with E-state index in [2.05, 4.69) is 18.7 Å². The van der Waals surface area contributed by atoms with E-state index in [-0.39, 0.29) is 0 Å². The van der Waals surface area contributed by atoms with E-state index in [0.717, 1.165) is 13.1 Å². The Morgan fingerprint density at radius 3 is 2.27 bits per heavy atom. The third kappa shape index (κ3) is 3.68. The molecule has 3 nitrogen and oxygen atoms in total. The van der Waals surface area contributed by atoms with Gasteiger partial charge >= 0.3 is 5.97 Å². The van der Waals surface area contributed by atoms with Crippen LogP contribution in [-0.4, -0.2) is 46.1 Å². The molecule has 1 heterocycles. The Bertz CT molecular complexity index is 233. The van der Waals surface area contributed by atoms with Crippen molar-refractivity contribution >= 4 is 17.7 Å². The lowest BCUT2D eigenvalue weighted by molar-refractivity contribution is -0.148. The average molecular weight is 231 g/mol. The first-order chi connectivity index (χ1) is 6.81. The summed E-state index contributed by atoms with van der Waals surface area (Å²) < 4.78 is 0. The normalized spacial score (nSPS) is 29.1. The number of carboxylic acid groups (broad SMARTS) is 1. The van der Waals surface area contributed by atoms with Crippen LogP contribution in [0.1, 0.15) is 27.7 Å². The van der Waals surface area contributed by atoms with Crippen LogP contribution in [0.4, 0.5) is 0 Å². The highest BCUT2D eigenvalue weighted by molar-refractivity contribution is 8.00. The van der Waals surface area contributed by atoms with Gasteiger partial charge in [0, 0.05) is 30.1 Å². The number of hydrogen-bond acceptors (Lipinski definition) is 3. The summed E-state index contributed by atoms with van der Waals surface area (Å²) in [5, 5.41) is 10.3. The fraction of sp³-hybridized carbons (Fsp3) is 0.909. The molecule has 2 atom stereocenters. The molecule has 15 heavy (non-hydrogen) atoms. The summed E-state index contributed by atoms with van der Waals surface area (Å²) in [5.41, 5.74) is -0.637. The van der Waals surface area contributed by atoms with Gasteiger partial charge in [-0.2, -0.15) is 11.8 Å².